The number of hydrogen-bond acceptors (Lipinski definition) is 1. The van der Waals surface area contributed by atoms with Crippen molar-refractivity contribution in [3.63, 3.8) is 0 Å². The van der Waals surface area contributed by atoms with Gasteiger partial charge in [-0.3, -0.25) is 4.79 Å². The lowest BCUT2D eigenvalue weighted by atomic mass is 9.84. The van der Waals surface area contributed by atoms with Gasteiger partial charge in [-0.05, 0) is 29.8 Å². The van der Waals surface area contributed by atoms with Gasteiger partial charge in [0.1, 0.15) is 0 Å². The van der Waals surface area contributed by atoms with Crippen LogP contribution in [0.1, 0.15) is 29.8 Å². The van der Waals surface area contributed by atoms with Crippen molar-refractivity contribution in [1.82, 2.24) is 10.3 Å². The summed E-state index contributed by atoms with van der Waals surface area (Å²) in [6, 6.07) is 15.1. The number of H-pyrrole nitrogens is 1. The zero-order valence-corrected chi connectivity index (χ0v) is 13.9. The predicted octanol–water partition coefficient (Wildman–Crippen LogP) is 4.53. The SMILES string of the molecule is CC(C)(CNC(=O)c1ccccc1)c1c[nH]c2cc(Cl)ccc12. The average Bonchev–Trinajstić information content (AvgIpc) is 2.97. The van der Waals surface area contributed by atoms with Gasteiger partial charge < -0.3 is 10.3 Å². The number of aromatic nitrogens is 1. The molecule has 1 heterocycles. The molecular weight excluding hydrogens is 308 g/mol. The molecule has 23 heavy (non-hydrogen) atoms. The fraction of sp³-hybridized carbons (Fsp3) is 0.211. The molecule has 1 amide bonds. The molecule has 0 saturated carbocycles. The van der Waals surface area contributed by atoms with Crippen molar-refractivity contribution in [3.05, 3.63) is 70.9 Å². The zero-order valence-electron chi connectivity index (χ0n) is 13.2. The molecule has 0 aliphatic carbocycles. The quantitative estimate of drug-likeness (QED) is 0.727. The number of halogens is 1. The molecule has 0 radical (unpaired) electrons. The van der Waals surface area contributed by atoms with Gasteiger partial charge in [0.15, 0.2) is 0 Å². The van der Waals surface area contributed by atoms with E-state index in [1.54, 1.807) is 0 Å². The molecule has 3 rings (SSSR count). The van der Waals surface area contributed by atoms with E-state index < -0.39 is 0 Å². The van der Waals surface area contributed by atoms with E-state index in [0.717, 1.165) is 16.5 Å². The number of amides is 1. The molecule has 0 fully saturated rings. The summed E-state index contributed by atoms with van der Waals surface area (Å²) in [5.41, 5.74) is 2.65. The summed E-state index contributed by atoms with van der Waals surface area (Å²) in [5, 5.41) is 4.87. The van der Waals surface area contributed by atoms with E-state index in [-0.39, 0.29) is 11.3 Å². The Labute approximate surface area is 140 Å². The van der Waals surface area contributed by atoms with Gasteiger partial charge in [0, 0.05) is 39.6 Å². The van der Waals surface area contributed by atoms with Crippen LogP contribution in [0.4, 0.5) is 0 Å². The normalized spacial score (nSPS) is 11.6. The Kier molecular flexibility index (Phi) is 4.14. The third kappa shape index (κ3) is 3.25. The minimum absolute atomic E-state index is 0.0541. The summed E-state index contributed by atoms with van der Waals surface area (Å²) in [7, 11) is 0. The molecule has 2 aromatic carbocycles. The Hall–Kier alpha value is -2.26. The van der Waals surface area contributed by atoms with Gasteiger partial charge in [-0.25, -0.2) is 0 Å². The number of benzene rings is 2. The molecule has 4 heteroatoms. The van der Waals surface area contributed by atoms with Crippen molar-refractivity contribution in [2.45, 2.75) is 19.3 Å². The number of rotatable bonds is 4. The molecule has 0 unspecified atom stereocenters. The van der Waals surface area contributed by atoms with E-state index in [0.29, 0.717) is 17.1 Å². The maximum Gasteiger partial charge on any atom is 0.251 e. The van der Waals surface area contributed by atoms with Crippen molar-refractivity contribution in [1.29, 1.82) is 0 Å². The van der Waals surface area contributed by atoms with E-state index in [2.05, 4.69) is 24.1 Å². The molecule has 0 atom stereocenters. The summed E-state index contributed by atoms with van der Waals surface area (Å²) in [5.74, 6) is -0.0541. The van der Waals surface area contributed by atoms with Crippen LogP contribution < -0.4 is 5.32 Å². The fourth-order valence-electron chi connectivity index (χ4n) is 2.75. The smallest absolute Gasteiger partial charge is 0.251 e. The van der Waals surface area contributed by atoms with Gasteiger partial charge in [-0.15, -0.1) is 0 Å². The third-order valence-electron chi connectivity index (χ3n) is 4.10. The molecular formula is C19H19ClN2O. The van der Waals surface area contributed by atoms with Crippen LogP contribution >= 0.6 is 11.6 Å². The summed E-state index contributed by atoms with van der Waals surface area (Å²) >= 11 is 6.04. The van der Waals surface area contributed by atoms with Crippen molar-refractivity contribution >= 4 is 28.4 Å². The minimum Gasteiger partial charge on any atom is -0.361 e. The van der Waals surface area contributed by atoms with Crippen molar-refractivity contribution in [2.24, 2.45) is 0 Å². The second-order valence-electron chi connectivity index (χ2n) is 6.32. The molecule has 0 aliphatic heterocycles. The summed E-state index contributed by atoms with van der Waals surface area (Å²) in [6.45, 7) is 4.79. The maximum absolute atomic E-state index is 12.2. The Morgan fingerprint density at radius 2 is 1.91 bits per heavy atom. The van der Waals surface area contributed by atoms with Crippen LogP contribution in [0.15, 0.2) is 54.7 Å². The Morgan fingerprint density at radius 1 is 1.17 bits per heavy atom. The van der Waals surface area contributed by atoms with E-state index in [1.165, 1.54) is 0 Å². The first-order chi connectivity index (χ1) is 11.0. The van der Waals surface area contributed by atoms with Gasteiger partial charge in [0.05, 0.1) is 0 Å². The lowest BCUT2D eigenvalue weighted by molar-refractivity contribution is 0.0946. The number of carbonyl (C=O) groups excluding carboxylic acids is 1. The standard InChI is InChI=1S/C19H19ClN2O/c1-19(2,12-22-18(23)13-6-4-3-5-7-13)16-11-21-17-10-14(20)8-9-15(16)17/h3-11,21H,12H2,1-2H3,(H,22,23). The van der Waals surface area contributed by atoms with Crippen LogP contribution in [-0.2, 0) is 5.41 Å². The molecule has 118 valence electrons. The number of aromatic amines is 1. The molecule has 0 aliphatic rings. The number of carbonyl (C=O) groups is 1. The highest BCUT2D eigenvalue weighted by Gasteiger charge is 2.25. The van der Waals surface area contributed by atoms with Crippen LogP contribution in [0.25, 0.3) is 10.9 Å². The van der Waals surface area contributed by atoms with Gasteiger partial charge >= 0.3 is 0 Å². The van der Waals surface area contributed by atoms with Crippen LogP contribution in [-0.4, -0.2) is 17.4 Å². The van der Waals surface area contributed by atoms with E-state index in [1.807, 2.05) is 54.7 Å². The predicted molar refractivity (Wildman–Crippen MR) is 95.1 cm³/mol. The van der Waals surface area contributed by atoms with E-state index >= 15 is 0 Å². The zero-order chi connectivity index (χ0) is 16.4. The number of hydrogen-bond donors (Lipinski definition) is 2. The van der Waals surface area contributed by atoms with Crippen molar-refractivity contribution in [3.8, 4) is 0 Å². The van der Waals surface area contributed by atoms with Crippen LogP contribution in [0.2, 0.25) is 5.02 Å². The molecule has 1 aromatic heterocycles. The van der Waals surface area contributed by atoms with Gasteiger partial charge in [0.2, 0.25) is 0 Å². The van der Waals surface area contributed by atoms with E-state index in [4.69, 9.17) is 11.6 Å². The number of nitrogens with one attached hydrogen (secondary N) is 2. The molecule has 3 aromatic rings. The van der Waals surface area contributed by atoms with Crippen molar-refractivity contribution in [2.75, 3.05) is 6.54 Å². The highest BCUT2D eigenvalue weighted by molar-refractivity contribution is 6.31. The molecule has 0 bridgehead atoms. The topological polar surface area (TPSA) is 44.9 Å². The highest BCUT2D eigenvalue weighted by Crippen LogP contribution is 2.31. The molecule has 0 saturated heterocycles. The first-order valence-corrected chi connectivity index (χ1v) is 7.95. The Balaban J connectivity index is 1.79. The Morgan fingerprint density at radius 3 is 2.65 bits per heavy atom. The second-order valence-corrected chi connectivity index (χ2v) is 6.76. The van der Waals surface area contributed by atoms with Crippen LogP contribution in [0.5, 0.6) is 0 Å². The summed E-state index contributed by atoms with van der Waals surface area (Å²) in [6.07, 6.45) is 2.00. The fourth-order valence-corrected chi connectivity index (χ4v) is 2.92. The lowest BCUT2D eigenvalue weighted by Crippen LogP contribution is -2.36. The second kappa shape index (κ2) is 6.09. The monoisotopic (exact) mass is 326 g/mol. The van der Waals surface area contributed by atoms with Crippen LogP contribution in [0, 0.1) is 0 Å². The third-order valence-corrected chi connectivity index (χ3v) is 4.33. The molecule has 2 N–H and O–H groups in total. The highest BCUT2D eigenvalue weighted by atomic mass is 35.5. The Bertz CT molecular complexity index is 837. The summed E-state index contributed by atoms with van der Waals surface area (Å²) in [4.78, 5) is 15.5. The average molecular weight is 327 g/mol. The van der Waals surface area contributed by atoms with Gasteiger partial charge in [-0.1, -0.05) is 49.7 Å². The first-order valence-electron chi connectivity index (χ1n) is 7.58. The lowest BCUT2D eigenvalue weighted by Gasteiger charge is -2.25. The summed E-state index contributed by atoms with van der Waals surface area (Å²) < 4.78 is 0. The van der Waals surface area contributed by atoms with Crippen molar-refractivity contribution < 1.29 is 4.79 Å². The maximum atomic E-state index is 12.2. The first kappa shape index (κ1) is 15.6. The van der Waals surface area contributed by atoms with Gasteiger partial charge in [0.25, 0.3) is 5.91 Å². The molecule has 3 nitrogen and oxygen atoms in total. The van der Waals surface area contributed by atoms with Crippen LogP contribution in [0.3, 0.4) is 0 Å². The van der Waals surface area contributed by atoms with Gasteiger partial charge in [-0.2, -0.15) is 0 Å². The number of fused-ring (bicyclic) bond motifs is 1. The minimum atomic E-state index is -0.198. The molecule has 0 spiro atoms. The largest absolute Gasteiger partial charge is 0.361 e. The van der Waals surface area contributed by atoms with E-state index in [9.17, 15) is 4.79 Å².